The Morgan fingerprint density at radius 3 is 2.28 bits per heavy atom. The van der Waals surface area contributed by atoms with E-state index in [1.54, 1.807) is 22.8 Å². The lowest BCUT2D eigenvalue weighted by Gasteiger charge is -2.14. The number of fused-ring (bicyclic) bond motifs is 1. The van der Waals surface area contributed by atoms with E-state index in [-0.39, 0.29) is 11.4 Å². The molecule has 0 atom stereocenters. The average molecular weight is 330 g/mol. The van der Waals surface area contributed by atoms with Crippen molar-refractivity contribution in [1.82, 2.24) is 9.55 Å². The zero-order valence-electron chi connectivity index (χ0n) is 13.4. The Bertz CT molecular complexity index is 1090. The van der Waals surface area contributed by atoms with Crippen molar-refractivity contribution in [1.29, 1.82) is 0 Å². The standard InChI is InChI=1S/C21H15FN2O/c22-17-12-10-16(11-13-17)20-23-19-9-5-4-8-18(19)21(25)24(20)14-15-6-2-1-3-7-15/h1-13H,14H2. The summed E-state index contributed by atoms with van der Waals surface area (Å²) >= 11 is 0. The zero-order valence-corrected chi connectivity index (χ0v) is 13.4. The highest BCUT2D eigenvalue weighted by Crippen LogP contribution is 2.20. The molecule has 0 unspecified atom stereocenters. The van der Waals surface area contributed by atoms with Crippen LogP contribution < -0.4 is 5.56 Å². The van der Waals surface area contributed by atoms with Gasteiger partial charge in [0.1, 0.15) is 11.6 Å². The summed E-state index contributed by atoms with van der Waals surface area (Å²) in [7, 11) is 0. The van der Waals surface area contributed by atoms with Crippen molar-refractivity contribution in [2.24, 2.45) is 0 Å². The Morgan fingerprint density at radius 2 is 1.52 bits per heavy atom. The van der Waals surface area contributed by atoms with E-state index in [4.69, 9.17) is 0 Å². The monoisotopic (exact) mass is 330 g/mol. The molecule has 3 aromatic carbocycles. The van der Waals surface area contributed by atoms with Crippen LogP contribution in [0.1, 0.15) is 5.56 Å². The van der Waals surface area contributed by atoms with E-state index in [2.05, 4.69) is 4.98 Å². The van der Waals surface area contributed by atoms with Crippen molar-refractivity contribution < 1.29 is 4.39 Å². The maximum Gasteiger partial charge on any atom is 0.261 e. The lowest BCUT2D eigenvalue weighted by Crippen LogP contribution is -2.24. The molecule has 4 rings (SSSR count). The summed E-state index contributed by atoms with van der Waals surface area (Å²) in [6, 6.07) is 23.1. The first-order chi connectivity index (χ1) is 12.2. The molecule has 1 heterocycles. The molecule has 0 aliphatic rings. The summed E-state index contributed by atoms with van der Waals surface area (Å²) in [6.45, 7) is 0.407. The number of para-hydroxylation sites is 1. The lowest BCUT2D eigenvalue weighted by molar-refractivity contribution is 0.628. The van der Waals surface area contributed by atoms with Gasteiger partial charge in [0, 0.05) is 5.56 Å². The van der Waals surface area contributed by atoms with Crippen LogP contribution >= 0.6 is 0 Å². The van der Waals surface area contributed by atoms with Crippen molar-refractivity contribution in [2.75, 3.05) is 0 Å². The van der Waals surface area contributed by atoms with Gasteiger partial charge in [0.2, 0.25) is 0 Å². The molecular weight excluding hydrogens is 315 g/mol. The van der Waals surface area contributed by atoms with E-state index >= 15 is 0 Å². The smallest absolute Gasteiger partial charge is 0.261 e. The Kier molecular flexibility index (Phi) is 3.86. The van der Waals surface area contributed by atoms with E-state index in [9.17, 15) is 9.18 Å². The minimum atomic E-state index is -0.318. The first kappa shape index (κ1) is 15.3. The largest absolute Gasteiger partial charge is 0.288 e. The molecule has 0 fully saturated rings. The molecular formula is C21H15FN2O. The Hall–Kier alpha value is -3.27. The van der Waals surface area contributed by atoms with Gasteiger partial charge in [-0.1, -0.05) is 42.5 Å². The second-order valence-corrected chi connectivity index (χ2v) is 5.84. The molecule has 0 N–H and O–H groups in total. The van der Waals surface area contributed by atoms with E-state index < -0.39 is 0 Å². The first-order valence-electron chi connectivity index (χ1n) is 8.02. The van der Waals surface area contributed by atoms with Crippen molar-refractivity contribution in [2.45, 2.75) is 6.54 Å². The van der Waals surface area contributed by atoms with Crippen molar-refractivity contribution >= 4 is 10.9 Å². The maximum absolute atomic E-state index is 13.3. The molecule has 0 amide bonds. The number of rotatable bonds is 3. The fraction of sp³-hybridized carbons (Fsp3) is 0.0476. The molecule has 122 valence electrons. The average Bonchev–Trinajstić information content (AvgIpc) is 2.65. The van der Waals surface area contributed by atoms with Crippen LogP contribution in [0.15, 0.2) is 83.7 Å². The molecule has 4 heteroatoms. The lowest BCUT2D eigenvalue weighted by atomic mass is 10.1. The van der Waals surface area contributed by atoms with Crippen LogP contribution in [0.4, 0.5) is 4.39 Å². The van der Waals surface area contributed by atoms with Crippen LogP contribution in [0.5, 0.6) is 0 Å². The summed E-state index contributed by atoms with van der Waals surface area (Å²) in [6.07, 6.45) is 0. The van der Waals surface area contributed by atoms with E-state index in [1.807, 2.05) is 48.5 Å². The highest BCUT2D eigenvalue weighted by Gasteiger charge is 2.13. The van der Waals surface area contributed by atoms with Crippen LogP contribution in [0.25, 0.3) is 22.3 Å². The van der Waals surface area contributed by atoms with Gasteiger partial charge in [0.15, 0.2) is 0 Å². The highest BCUT2D eigenvalue weighted by atomic mass is 19.1. The van der Waals surface area contributed by atoms with E-state index in [0.717, 1.165) is 5.56 Å². The minimum absolute atomic E-state index is 0.103. The first-order valence-corrected chi connectivity index (χ1v) is 8.02. The maximum atomic E-state index is 13.3. The number of halogens is 1. The summed E-state index contributed by atoms with van der Waals surface area (Å²) in [5.74, 6) is 0.217. The van der Waals surface area contributed by atoms with Gasteiger partial charge >= 0.3 is 0 Å². The zero-order chi connectivity index (χ0) is 17.2. The predicted octanol–water partition coefficient (Wildman–Crippen LogP) is 4.25. The molecule has 0 bridgehead atoms. The second-order valence-electron chi connectivity index (χ2n) is 5.84. The van der Waals surface area contributed by atoms with Gasteiger partial charge in [0.25, 0.3) is 5.56 Å². The van der Waals surface area contributed by atoms with Crippen LogP contribution in [0.2, 0.25) is 0 Å². The summed E-state index contributed by atoms with van der Waals surface area (Å²) in [5.41, 5.74) is 2.25. The van der Waals surface area contributed by atoms with Crippen LogP contribution in [-0.4, -0.2) is 9.55 Å². The van der Waals surface area contributed by atoms with Crippen molar-refractivity contribution in [3.63, 3.8) is 0 Å². The van der Waals surface area contributed by atoms with Gasteiger partial charge in [-0.3, -0.25) is 9.36 Å². The van der Waals surface area contributed by atoms with Gasteiger partial charge in [-0.15, -0.1) is 0 Å². The summed E-state index contributed by atoms with van der Waals surface area (Å²) in [4.78, 5) is 17.7. The van der Waals surface area contributed by atoms with Crippen molar-refractivity contribution in [3.05, 3.63) is 101 Å². The SMILES string of the molecule is O=c1c2ccccc2nc(-c2ccc(F)cc2)n1Cc1ccccc1. The Balaban J connectivity index is 1.97. The normalized spacial score (nSPS) is 10.9. The Morgan fingerprint density at radius 1 is 0.840 bits per heavy atom. The summed E-state index contributed by atoms with van der Waals surface area (Å²) < 4.78 is 14.9. The number of aromatic nitrogens is 2. The van der Waals surface area contributed by atoms with Gasteiger partial charge < -0.3 is 0 Å². The van der Waals surface area contributed by atoms with Gasteiger partial charge in [-0.25, -0.2) is 9.37 Å². The topological polar surface area (TPSA) is 34.9 Å². The summed E-state index contributed by atoms with van der Waals surface area (Å²) in [5, 5.41) is 0.573. The van der Waals surface area contributed by atoms with E-state index in [0.29, 0.717) is 28.8 Å². The molecule has 0 radical (unpaired) electrons. The van der Waals surface area contributed by atoms with Gasteiger partial charge in [-0.05, 0) is 42.0 Å². The van der Waals surface area contributed by atoms with E-state index in [1.165, 1.54) is 12.1 Å². The second kappa shape index (κ2) is 6.32. The molecule has 0 saturated heterocycles. The quantitative estimate of drug-likeness (QED) is 0.563. The number of benzene rings is 3. The number of nitrogens with zero attached hydrogens (tertiary/aromatic N) is 2. The van der Waals surface area contributed by atoms with Gasteiger partial charge in [0.05, 0.1) is 17.4 Å². The molecule has 0 spiro atoms. The predicted molar refractivity (Wildman–Crippen MR) is 96.9 cm³/mol. The molecule has 0 saturated carbocycles. The van der Waals surface area contributed by atoms with Gasteiger partial charge in [-0.2, -0.15) is 0 Å². The van der Waals surface area contributed by atoms with Crippen LogP contribution in [0.3, 0.4) is 0 Å². The fourth-order valence-electron chi connectivity index (χ4n) is 2.90. The number of hydrogen-bond acceptors (Lipinski definition) is 2. The number of hydrogen-bond donors (Lipinski definition) is 0. The fourth-order valence-corrected chi connectivity index (χ4v) is 2.90. The molecule has 1 aromatic heterocycles. The molecule has 3 nitrogen and oxygen atoms in total. The molecule has 0 aliphatic carbocycles. The van der Waals surface area contributed by atoms with Crippen LogP contribution in [-0.2, 0) is 6.54 Å². The third-order valence-electron chi connectivity index (χ3n) is 4.15. The highest BCUT2D eigenvalue weighted by molar-refractivity contribution is 5.79. The molecule has 4 aromatic rings. The van der Waals surface area contributed by atoms with Crippen LogP contribution in [0, 0.1) is 5.82 Å². The molecule has 0 aliphatic heterocycles. The van der Waals surface area contributed by atoms with Crippen molar-refractivity contribution in [3.8, 4) is 11.4 Å². The third kappa shape index (κ3) is 2.94. The molecule has 25 heavy (non-hydrogen) atoms. The Labute approximate surface area is 144 Å². The minimum Gasteiger partial charge on any atom is -0.288 e. The third-order valence-corrected chi connectivity index (χ3v) is 4.15.